The van der Waals surface area contributed by atoms with Gasteiger partial charge in [0.25, 0.3) is 5.91 Å². The Labute approximate surface area is 140 Å². The Morgan fingerprint density at radius 3 is 2.54 bits per heavy atom. The van der Waals surface area contributed by atoms with Gasteiger partial charge in [0.2, 0.25) is 0 Å². The number of aromatic nitrogens is 1. The molecular weight excluding hydrogens is 308 g/mol. The summed E-state index contributed by atoms with van der Waals surface area (Å²) in [5, 5.41) is 12.6. The van der Waals surface area contributed by atoms with Crippen LogP contribution in [0.15, 0.2) is 36.5 Å². The van der Waals surface area contributed by atoms with E-state index in [2.05, 4.69) is 10.3 Å². The number of nitrogens with one attached hydrogen (secondary N) is 1. The SMILES string of the molecule is CCOC(=O)CCNC(=O)c1ncc(-c2ccc(C)cc2)cc1O. The first-order chi connectivity index (χ1) is 11.5. The average molecular weight is 328 g/mol. The van der Waals surface area contributed by atoms with E-state index in [0.29, 0.717) is 6.61 Å². The highest BCUT2D eigenvalue weighted by atomic mass is 16.5. The fourth-order valence-electron chi connectivity index (χ4n) is 2.13. The number of hydrogen-bond donors (Lipinski definition) is 2. The van der Waals surface area contributed by atoms with Gasteiger partial charge in [0.15, 0.2) is 5.69 Å². The molecular formula is C18H20N2O4. The van der Waals surface area contributed by atoms with Crippen LogP contribution in [0.4, 0.5) is 0 Å². The first-order valence-corrected chi connectivity index (χ1v) is 7.71. The summed E-state index contributed by atoms with van der Waals surface area (Å²) in [6.07, 6.45) is 1.60. The van der Waals surface area contributed by atoms with Gasteiger partial charge in [-0.3, -0.25) is 9.59 Å². The van der Waals surface area contributed by atoms with E-state index in [0.717, 1.165) is 16.7 Å². The van der Waals surface area contributed by atoms with E-state index in [9.17, 15) is 14.7 Å². The first-order valence-electron chi connectivity index (χ1n) is 7.71. The predicted molar refractivity (Wildman–Crippen MR) is 89.7 cm³/mol. The van der Waals surface area contributed by atoms with E-state index in [4.69, 9.17) is 4.74 Å². The van der Waals surface area contributed by atoms with Crippen LogP contribution in [0.25, 0.3) is 11.1 Å². The number of pyridine rings is 1. The van der Waals surface area contributed by atoms with Crippen LogP contribution < -0.4 is 5.32 Å². The number of benzene rings is 1. The van der Waals surface area contributed by atoms with Crippen molar-refractivity contribution >= 4 is 11.9 Å². The summed E-state index contributed by atoms with van der Waals surface area (Å²) in [4.78, 5) is 27.3. The maximum Gasteiger partial charge on any atom is 0.307 e. The van der Waals surface area contributed by atoms with Crippen LogP contribution in [0.1, 0.15) is 29.4 Å². The normalized spacial score (nSPS) is 10.2. The maximum atomic E-state index is 12.0. The molecule has 126 valence electrons. The molecule has 1 aromatic carbocycles. The molecule has 1 aromatic heterocycles. The molecule has 2 N–H and O–H groups in total. The van der Waals surface area contributed by atoms with E-state index in [1.54, 1.807) is 6.92 Å². The van der Waals surface area contributed by atoms with Crippen molar-refractivity contribution in [3.8, 4) is 16.9 Å². The van der Waals surface area contributed by atoms with Gasteiger partial charge in [-0.15, -0.1) is 0 Å². The summed E-state index contributed by atoms with van der Waals surface area (Å²) in [6.45, 7) is 4.13. The van der Waals surface area contributed by atoms with Crippen molar-refractivity contribution in [2.24, 2.45) is 0 Å². The van der Waals surface area contributed by atoms with Crippen molar-refractivity contribution in [2.75, 3.05) is 13.2 Å². The molecule has 1 amide bonds. The number of aryl methyl sites for hydroxylation is 1. The molecule has 0 saturated carbocycles. The quantitative estimate of drug-likeness (QED) is 0.795. The van der Waals surface area contributed by atoms with Gasteiger partial charge in [-0.2, -0.15) is 0 Å². The summed E-state index contributed by atoms with van der Waals surface area (Å²) in [6, 6.07) is 9.26. The smallest absolute Gasteiger partial charge is 0.307 e. The van der Waals surface area contributed by atoms with Gasteiger partial charge < -0.3 is 15.2 Å². The highest BCUT2D eigenvalue weighted by Gasteiger charge is 2.14. The van der Waals surface area contributed by atoms with Gasteiger partial charge in [-0.05, 0) is 25.5 Å². The van der Waals surface area contributed by atoms with Crippen LogP contribution in [0, 0.1) is 6.92 Å². The molecule has 2 rings (SSSR count). The average Bonchev–Trinajstić information content (AvgIpc) is 2.55. The number of esters is 1. The molecule has 0 aliphatic rings. The Morgan fingerprint density at radius 1 is 1.21 bits per heavy atom. The van der Waals surface area contributed by atoms with Crippen LogP contribution in [0.3, 0.4) is 0 Å². The molecule has 0 saturated heterocycles. The molecule has 24 heavy (non-hydrogen) atoms. The van der Waals surface area contributed by atoms with E-state index in [-0.39, 0.29) is 30.4 Å². The summed E-state index contributed by atoms with van der Waals surface area (Å²) < 4.78 is 4.77. The first kappa shape index (κ1) is 17.5. The second-order valence-electron chi connectivity index (χ2n) is 5.27. The van der Waals surface area contributed by atoms with Crippen molar-refractivity contribution < 1.29 is 19.4 Å². The molecule has 0 atom stereocenters. The molecule has 0 aliphatic carbocycles. The lowest BCUT2D eigenvalue weighted by molar-refractivity contribution is -0.142. The number of hydrogen-bond acceptors (Lipinski definition) is 5. The second-order valence-corrected chi connectivity index (χ2v) is 5.27. The highest BCUT2D eigenvalue weighted by Crippen LogP contribution is 2.24. The number of carbonyl (C=O) groups excluding carboxylic acids is 2. The van der Waals surface area contributed by atoms with Crippen molar-refractivity contribution in [1.82, 2.24) is 10.3 Å². The lowest BCUT2D eigenvalue weighted by atomic mass is 10.1. The third-order valence-electron chi connectivity index (χ3n) is 3.39. The van der Waals surface area contributed by atoms with Crippen LogP contribution in [-0.2, 0) is 9.53 Å². The third-order valence-corrected chi connectivity index (χ3v) is 3.39. The molecule has 0 fully saturated rings. The summed E-state index contributed by atoms with van der Waals surface area (Å²) in [7, 11) is 0. The van der Waals surface area contributed by atoms with Gasteiger partial charge in [-0.1, -0.05) is 29.8 Å². The molecule has 6 heteroatoms. The Kier molecular flexibility index (Phi) is 5.89. The fourth-order valence-corrected chi connectivity index (χ4v) is 2.13. The Balaban J connectivity index is 2.02. The molecule has 2 aromatic rings. The van der Waals surface area contributed by atoms with Gasteiger partial charge in [0.05, 0.1) is 13.0 Å². The van der Waals surface area contributed by atoms with Gasteiger partial charge >= 0.3 is 5.97 Å². The topological polar surface area (TPSA) is 88.5 Å². The predicted octanol–water partition coefficient (Wildman–Crippen LogP) is 2.45. The lowest BCUT2D eigenvalue weighted by Gasteiger charge is -2.08. The van der Waals surface area contributed by atoms with Crippen LogP contribution in [0.2, 0.25) is 0 Å². The summed E-state index contributed by atoms with van der Waals surface area (Å²) in [5.74, 6) is -1.13. The molecule has 0 spiro atoms. The molecule has 6 nitrogen and oxygen atoms in total. The van der Waals surface area contributed by atoms with Crippen molar-refractivity contribution in [2.45, 2.75) is 20.3 Å². The van der Waals surface area contributed by atoms with Crippen molar-refractivity contribution in [3.63, 3.8) is 0 Å². The highest BCUT2D eigenvalue weighted by molar-refractivity contribution is 5.95. The van der Waals surface area contributed by atoms with Crippen LogP contribution in [0.5, 0.6) is 5.75 Å². The summed E-state index contributed by atoms with van der Waals surface area (Å²) in [5.41, 5.74) is 2.68. The third kappa shape index (κ3) is 4.55. The van der Waals surface area contributed by atoms with E-state index < -0.39 is 5.91 Å². The van der Waals surface area contributed by atoms with Crippen LogP contribution in [-0.4, -0.2) is 35.1 Å². The number of nitrogens with zero attached hydrogens (tertiary/aromatic N) is 1. The molecule has 0 aliphatic heterocycles. The molecule has 0 unspecified atom stereocenters. The molecule has 1 heterocycles. The summed E-state index contributed by atoms with van der Waals surface area (Å²) >= 11 is 0. The Hall–Kier alpha value is -2.89. The number of aromatic hydroxyl groups is 1. The second kappa shape index (κ2) is 8.10. The molecule has 0 bridgehead atoms. The number of amides is 1. The van der Waals surface area contributed by atoms with E-state index >= 15 is 0 Å². The minimum Gasteiger partial charge on any atom is -0.505 e. The monoisotopic (exact) mass is 328 g/mol. The van der Waals surface area contributed by atoms with E-state index in [1.165, 1.54) is 12.3 Å². The Bertz CT molecular complexity index is 726. The van der Waals surface area contributed by atoms with Crippen LogP contribution >= 0.6 is 0 Å². The minimum atomic E-state index is -0.535. The van der Waals surface area contributed by atoms with Gasteiger partial charge in [0.1, 0.15) is 5.75 Å². The van der Waals surface area contributed by atoms with E-state index in [1.807, 2.05) is 31.2 Å². The number of ether oxygens (including phenoxy) is 1. The molecule has 0 radical (unpaired) electrons. The Morgan fingerprint density at radius 2 is 1.92 bits per heavy atom. The van der Waals surface area contributed by atoms with Gasteiger partial charge in [-0.25, -0.2) is 4.98 Å². The maximum absolute atomic E-state index is 12.0. The number of rotatable bonds is 6. The lowest BCUT2D eigenvalue weighted by Crippen LogP contribution is -2.27. The van der Waals surface area contributed by atoms with Crippen molar-refractivity contribution in [1.29, 1.82) is 0 Å². The standard InChI is InChI=1S/C18H20N2O4/c1-3-24-16(22)8-9-19-18(23)17-15(21)10-14(11-20-17)13-6-4-12(2)5-7-13/h4-7,10-11,21H,3,8-9H2,1-2H3,(H,19,23). The largest absolute Gasteiger partial charge is 0.505 e. The zero-order chi connectivity index (χ0) is 17.5. The fraction of sp³-hybridized carbons (Fsp3) is 0.278. The minimum absolute atomic E-state index is 0.0712. The zero-order valence-corrected chi connectivity index (χ0v) is 13.7. The van der Waals surface area contributed by atoms with Gasteiger partial charge in [0, 0.05) is 18.3 Å². The zero-order valence-electron chi connectivity index (χ0n) is 13.7. The van der Waals surface area contributed by atoms with Crippen molar-refractivity contribution in [3.05, 3.63) is 47.8 Å². The number of carbonyl (C=O) groups is 2.